The van der Waals surface area contributed by atoms with Gasteiger partial charge in [-0.25, -0.2) is 8.42 Å². The van der Waals surface area contributed by atoms with Gasteiger partial charge in [0.2, 0.25) is 0 Å². The number of hydrogen-bond donors (Lipinski definition) is 0. The Hall–Kier alpha value is -2.13. The molecule has 3 heterocycles. The van der Waals surface area contributed by atoms with Crippen LogP contribution in [0, 0.1) is 13.8 Å². The summed E-state index contributed by atoms with van der Waals surface area (Å²) in [5.74, 6) is 0. The summed E-state index contributed by atoms with van der Waals surface area (Å²) in [6.45, 7) is 3.61. The first-order valence-corrected chi connectivity index (χ1v) is 9.32. The van der Waals surface area contributed by atoms with Gasteiger partial charge in [0, 0.05) is 37.6 Å². The van der Waals surface area contributed by atoms with Gasteiger partial charge in [0.1, 0.15) is 11.4 Å². The van der Waals surface area contributed by atoms with Gasteiger partial charge in [-0.05, 0) is 13.8 Å². The zero-order chi connectivity index (χ0) is 17.8. The van der Waals surface area contributed by atoms with Crippen molar-refractivity contribution in [2.75, 3.05) is 6.26 Å². The summed E-state index contributed by atoms with van der Waals surface area (Å²) in [5, 5.41) is 13.0. The number of hydrogen-bond acceptors (Lipinski definition) is 5. The molecule has 8 nitrogen and oxygen atoms in total. The maximum atomic E-state index is 12.2. The molecule has 0 amide bonds. The van der Waals surface area contributed by atoms with Crippen molar-refractivity contribution >= 4 is 21.6 Å². The molecular formula is C14H17ClN6O2S. The fourth-order valence-corrected chi connectivity index (χ4v) is 3.80. The zero-order valence-electron chi connectivity index (χ0n) is 13.9. The summed E-state index contributed by atoms with van der Waals surface area (Å²) >= 11 is 6.55. The lowest BCUT2D eigenvalue weighted by molar-refractivity contribution is 0.587. The van der Waals surface area contributed by atoms with Crippen LogP contribution < -0.4 is 0 Å². The predicted molar refractivity (Wildman–Crippen MR) is 91.4 cm³/mol. The third kappa shape index (κ3) is 2.63. The van der Waals surface area contributed by atoms with Crippen LogP contribution in [0.25, 0.3) is 22.5 Å². The van der Waals surface area contributed by atoms with Gasteiger partial charge in [-0.2, -0.15) is 19.4 Å². The largest absolute Gasteiger partial charge is 0.275 e. The van der Waals surface area contributed by atoms with Crippen molar-refractivity contribution in [3.8, 4) is 22.5 Å². The minimum absolute atomic E-state index is 0.257. The fraction of sp³-hybridized carbons (Fsp3) is 0.357. The lowest BCUT2D eigenvalue weighted by atomic mass is 10.1. The number of halogens is 1. The van der Waals surface area contributed by atoms with Crippen LogP contribution in [0.15, 0.2) is 12.4 Å². The number of rotatable bonds is 3. The normalized spacial score (nSPS) is 12.1. The van der Waals surface area contributed by atoms with Crippen molar-refractivity contribution in [2.24, 2.45) is 14.1 Å². The Morgan fingerprint density at radius 2 is 1.46 bits per heavy atom. The lowest BCUT2D eigenvalue weighted by Crippen LogP contribution is -2.13. The van der Waals surface area contributed by atoms with E-state index in [4.69, 9.17) is 11.6 Å². The molecule has 0 aliphatic rings. The van der Waals surface area contributed by atoms with Crippen LogP contribution in [0.4, 0.5) is 0 Å². The summed E-state index contributed by atoms with van der Waals surface area (Å²) in [6, 6.07) is 0. The van der Waals surface area contributed by atoms with Gasteiger partial charge in [-0.15, -0.1) is 0 Å². The molecule has 0 saturated carbocycles. The van der Waals surface area contributed by atoms with Gasteiger partial charge in [-0.3, -0.25) is 9.36 Å². The van der Waals surface area contributed by atoms with Gasteiger partial charge >= 0.3 is 0 Å². The zero-order valence-corrected chi connectivity index (χ0v) is 15.5. The summed E-state index contributed by atoms with van der Waals surface area (Å²) in [5.41, 5.74) is 3.38. The molecule has 3 aromatic rings. The van der Waals surface area contributed by atoms with E-state index in [1.54, 1.807) is 42.8 Å². The third-order valence-electron chi connectivity index (χ3n) is 3.65. The Kier molecular flexibility index (Phi) is 3.80. The Bertz CT molecular complexity index is 1040. The molecule has 0 fully saturated rings. The van der Waals surface area contributed by atoms with Gasteiger partial charge in [0.05, 0.1) is 22.7 Å². The highest BCUT2D eigenvalue weighted by Gasteiger charge is 2.27. The number of aromatic nitrogens is 6. The topological polar surface area (TPSA) is 87.6 Å². The smallest absolute Gasteiger partial charge is 0.251 e. The highest BCUT2D eigenvalue weighted by atomic mass is 35.5. The van der Waals surface area contributed by atoms with E-state index in [1.165, 1.54) is 0 Å². The van der Waals surface area contributed by atoms with Crippen molar-refractivity contribution in [3.05, 3.63) is 28.8 Å². The van der Waals surface area contributed by atoms with E-state index < -0.39 is 10.0 Å². The molecule has 3 aromatic heterocycles. The standard InChI is InChI=1S/C14H17ClN6O2S/c1-8-10(6-19(3)16-8)13-12(15)14(21(18-13)24(5,22)23)11-7-20(4)17-9(11)2/h6-7H,1-5H3. The second-order valence-corrected chi connectivity index (χ2v) is 7.91. The van der Waals surface area contributed by atoms with Crippen LogP contribution in [0.1, 0.15) is 11.4 Å². The molecule has 0 bridgehead atoms. The van der Waals surface area contributed by atoms with Gasteiger partial charge in [0.15, 0.2) is 0 Å². The van der Waals surface area contributed by atoms with E-state index in [-0.39, 0.29) is 5.02 Å². The summed E-state index contributed by atoms with van der Waals surface area (Å²) in [7, 11) is -0.104. The molecule has 0 aliphatic carbocycles. The van der Waals surface area contributed by atoms with Crippen molar-refractivity contribution in [3.63, 3.8) is 0 Å². The average Bonchev–Trinajstić information content (AvgIpc) is 3.05. The van der Waals surface area contributed by atoms with Crippen LogP contribution in [0.5, 0.6) is 0 Å². The van der Waals surface area contributed by atoms with Crippen LogP contribution in [0.2, 0.25) is 5.02 Å². The maximum Gasteiger partial charge on any atom is 0.251 e. The van der Waals surface area contributed by atoms with E-state index in [1.807, 2.05) is 6.92 Å². The van der Waals surface area contributed by atoms with Crippen LogP contribution in [-0.2, 0) is 24.1 Å². The van der Waals surface area contributed by atoms with Crippen LogP contribution in [-0.4, -0.2) is 43.4 Å². The number of aryl methyl sites for hydroxylation is 4. The Balaban J connectivity index is 2.37. The first-order chi connectivity index (χ1) is 11.1. The number of nitrogens with zero attached hydrogens (tertiary/aromatic N) is 6. The molecule has 0 radical (unpaired) electrons. The second-order valence-electron chi connectivity index (χ2n) is 5.72. The molecule has 0 saturated heterocycles. The highest BCUT2D eigenvalue weighted by Crippen LogP contribution is 2.38. The first-order valence-electron chi connectivity index (χ1n) is 7.10. The van der Waals surface area contributed by atoms with Crippen molar-refractivity contribution < 1.29 is 8.42 Å². The van der Waals surface area contributed by atoms with E-state index in [9.17, 15) is 8.42 Å². The second kappa shape index (κ2) is 5.45. The van der Waals surface area contributed by atoms with Crippen LogP contribution in [0.3, 0.4) is 0 Å². The molecule has 0 unspecified atom stereocenters. The van der Waals surface area contributed by atoms with E-state index in [2.05, 4.69) is 15.3 Å². The fourth-order valence-electron chi connectivity index (χ4n) is 2.68. The summed E-state index contributed by atoms with van der Waals surface area (Å²) in [6.07, 6.45) is 4.57. The molecule has 0 spiro atoms. The predicted octanol–water partition coefficient (Wildman–Crippen LogP) is 1.76. The SMILES string of the molecule is Cc1nn(C)cc1-c1nn(S(C)(=O)=O)c(-c2cn(C)nc2C)c1Cl. The highest BCUT2D eigenvalue weighted by molar-refractivity contribution is 7.89. The first kappa shape index (κ1) is 16.7. The maximum absolute atomic E-state index is 12.2. The molecule has 0 N–H and O–H groups in total. The Morgan fingerprint density at radius 3 is 1.88 bits per heavy atom. The summed E-state index contributed by atoms with van der Waals surface area (Å²) in [4.78, 5) is 0. The van der Waals surface area contributed by atoms with E-state index in [0.29, 0.717) is 33.9 Å². The minimum Gasteiger partial charge on any atom is -0.275 e. The van der Waals surface area contributed by atoms with Gasteiger partial charge in [0.25, 0.3) is 10.0 Å². The van der Waals surface area contributed by atoms with Crippen molar-refractivity contribution in [1.29, 1.82) is 0 Å². The average molecular weight is 369 g/mol. The van der Waals surface area contributed by atoms with E-state index >= 15 is 0 Å². The summed E-state index contributed by atoms with van der Waals surface area (Å²) < 4.78 is 28.7. The third-order valence-corrected chi connectivity index (χ3v) is 4.90. The molecule has 24 heavy (non-hydrogen) atoms. The van der Waals surface area contributed by atoms with Crippen molar-refractivity contribution in [2.45, 2.75) is 13.8 Å². The quantitative estimate of drug-likeness (QED) is 0.703. The molecule has 10 heteroatoms. The molecular weight excluding hydrogens is 352 g/mol. The molecule has 128 valence electrons. The molecule has 3 rings (SSSR count). The van der Waals surface area contributed by atoms with Crippen LogP contribution >= 0.6 is 11.6 Å². The minimum atomic E-state index is -3.65. The molecule has 0 aliphatic heterocycles. The van der Waals surface area contributed by atoms with E-state index in [0.717, 1.165) is 10.3 Å². The molecule has 0 aromatic carbocycles. The molecule has 0 atom stereocenters. The van der Waals surface area contributed by atoms with Gasteiger partial charge in [-0.1, -0.05) is 11.6 Å². The lowest BCUT2D eigenvalue weighted by Gasteiger charge is -2.03. The Labute approximate surface area is 144 Å². The Morgan fingerprint density at radius 1 is 0.958 bits per heavy atom. The van der Waals surface area contributed by atoms with Gasteiger partial charge < -0.3 is 0 Å². The monoisotopic (exact) mass is 368 g/mol. The van der Waals surface area contributed by atoms with Crippen molar-refractivity contribution in [1.82, 2.24) is 28.7 Å².